The van der Waals surface area contributed by atoms with E-state index in [9.17, 15) is 9.59 Å². The molecule has 1 saturated carbocycles. The second-order valence-corrected chi connectivity index (χ2v) is 6.08. The number of amides is 1. The lowest BCUT2D eigenvalue weighted by Crippen LogP contribution is -2.24. The van der Waals surface area contributed by atoms with Crippen molar-refractivity contribution in [2.45, 2.75) is 70.1 Å². The lowest BCUT2D eigenvalue weighted by Gasteiger charge is -2.03. The molecule has 0 spiro atoms. The van der Waals surface area contributed by atoms with Gasteiger partial charge in [0, 0.05) is 31.7 Å². The molecule has 1 aromatic heterocycles. The Balaban J connectivity index is 1.56. The van der Waals surface area contributed by atoms with Crippen LogP contribution in [0.1, 0.15) is 75.4 Å². The molecule has 0 aromatic carbocycles. The Morgan fingerprint density at radius 2 is 1.96 bits per heavy atom. The Morgan fingerprint density at radius 1 is 1.17 bits per heavy atom. The van der Waals surface area contributed by atoms with E-state index in [0.29, 0.717) is 37.6 Å². The lowest BCUT2D eigenvalue weighted by atomic mass is 10.1. The summed E-state index contributed by atoms with van der Waals surface area (Å²) in [4.78, 5) is 26.5. The molecule has 1 fully saturated rings. The fourth-order valence-electron chi connectivity index (χ4n) is 2.83. The number of nitrogens with zero attached hydrogens (tertiary/aromatic N) is 2. The number of carbonyl (C=O) groups excluding carboxylic acids is 1. The van der Waals surface area contributed by atoms with Gasteiger partial charge in [0.1, 0.15) is 0 Å². The minimum atomic E-state index is -0.773. The summed E-state index contributed by atoms with van der Waals surface area (Å²) in [5, 5.41) is 15.4. The van der Waals surface area contributed by atoms with Crippen LogP contribution in [-0.2, 0) is 16.0 Å². The Kier molecular flexibility index (Phi) is 7.03. The van der Waals surface area contributed by atoms with Gasteiger partial charge < -0.3 is 14.9 Å². The van der Waals surface area contributed by atoms with Crippen molar-refractivity contribution < 1.29 is 19.2 Å². The molecule has 0 radical (unpaired) electrons. The average molecular weight is 323 g/mol. The SMILES string of the molecule is O=C(O)CCCCCNC(=O)CCc1nc(C2CCCC2)no1. The third kappa shape index (κ3) is 6.38. The topological polar surface area (TPSA) is 105 Å². The summed E-state index contributed by atoms with van der Waals surface area (Å²) in [7, 11) is 0. The summed E-state index contributed by atoms with van der Waals surface area (Å²) in [5.41, 5.74) is 0. The van der Waals surface area contributed by atoms with E-state index < -0.39 is 5.97 Å². The molecule has 7 heteroatoms. The van der Waals surface area contributed by atoms with Crippen LogP contribution in [0.4, 0.5) is 0 Å². The molecule has 2 N–H and O–H groups in total. The summed E-state index contributed by atoms with van der Waals surface area (Å²) in [6.07, 6.45) is 7.94. The van der Waals surface area contributed by atoms with E-state index in [1.807, 2.05) is 0 Å². The first-order valence-corrected chi connectivity index (χ1v) is 8.46. The minimum Gasteiger partial charge on any atom is -0.481 e. The maximum atomic E-state index is 11.7. The molecule has 7 nitrogen and oxygen atoms in total. The number of unbranched alkanes of at least 4 members (excludes halogenated alkanes) is 2. The van der Waals surface area contributed by atoms with Gasteiger partial charge in [0.05, 0.1) is 0 Å². The number of aryl methyl sites for hydroxylation is 1. The first-order chi connectivity index (χ1) is 11.1. The van der Waals surface area contributed by atoms with Crippen molar-refractivity contribution >= 4 is 11.9 Å². The molecule has 0 saturated heterocycles. The zero-order valence-electron chi connectivity index (χ0n) is 13.4. The summed E-state index contributed by atoms with van der Waals surface area (Å²) in [5.74, 6) is 0.932. The predicted octanol–water partition coefficient (Wildman–Crippen LogP) is 2.42. The fraction of sp³-hybridized carbons (Fsp3) is 0.750. The monoisotopic (exact) mass is 323 g/mol. The van der Waals surface area contributed by atoms with Gasteiger partial charge in [-0.05, 0) is 25.7 Å². The molecule has 0 bridgehead atoms. The molecule has 1 heterocycles. The molecule has 2 rings (SSSR count). The number of carboxylic acid groups (broad SMARTS) is 1. The summed E-state index contributed by atoms with van der Waals surface area (Å²) >= 11 is 0. The highest BCUT2D eigenvalue weighted by molar-refractivity contribution is 5.75. The smallest absolute Gasteiger partial charge is 0.303 e. The van der Waals surface area contributed by atoms with Crippen LogP contribution in [-0.4, -0.2) is 33.7 Å². The Labute approximate surface area is 135 Å². The highest BCUT2D eigenvalue weighted by atomic mass is 16.5. The Morgan fingerprint density at radius 3 is 2.70 bits per heavy atom. The summed E-state index contributed by atoms with van der Waals surface area (Å²) in [6.45, 7) is 0.579. The second kappa shape index (κ2) is 9.27. The zero-order valence-corrected chi connectivity index (χ0v) is 13.4. The van der Waals surface area contributed by atoms with Gasteiger partial charge in [-0.2, -0.15) is 4.98 Å². The molecule has 1 aliphatic carbocycles. The molecular formula is C16H25N3O4. The van der Waals surface area contributed by atoms with Crippen molar-refractivity contribution in [3.63, 3.8) is 0 Å². The first-order valence-electron chi connectivity index (χ1n) is 8.46. The molecule has 0 unspecified atom stereocenters. The van der Waals surface area contributed by atoms with Gasteiger partial charge in [0.15, 0.2) is 5.82 Å². The largest absolute Gasteiger partial charge is 0.481 e. The maximum absolute atomic E-state index is 11.7. The number of nitrogens with one attached hydrogen (secondary N) is 1. The van der Waals surface area contributed by atoms with Crippen LogP contribution in [0.3, 0.4) is 0 Å². The number of aromatic nitrogens is 2. The number of hydrogen-bond donors (Lipinski definition) is 2. The molecule has 1 aromatic rings. The quantitative estimate of drug-likeness (QED) is 0.641. The molecule has 1 aliphatic rings. The number of hydrogen-bond acceptors (Lipinski definition) is 5. The van der Waals surface area contributed by atoms with E-state index in [0.717, 1.165) is 31.5 Å². The number of carboxylic acids is 1. The zero-order chi connectivity index (χ0) is 16.5. The third-order valence-electron chi connectivity index (χ3n) is 4.16. The van der Waals surface area contributed by atoms with E-state index in [4.69, 9.17) is 9.63 Å². The number of aliphatic carboxylic acids is 1. The molecule has 128 valence electrons. The molecule has 23 heavy (non-hydrogen) atoms. The standard InChI is InChI=1S/C16H25N3O4/c20-13(17-11-5-1-2-8-15(21)22)9-10-14-18-16(19-23-14)12-6-3-4-7-12/h12H,1-11H2,(H,17,20)(H,21,22). The second-order valence-electron chi connectivity index (χ2n) is 6.08. The Bertz CT molecular complexity index is 509. The highest BCUT2D eigenvalue weighted by Crippen LogP contribution is 2.32. The van der Waals surface area contributed by atoms with E-state index in [1.165, 1.54) is 12.8 Å². The van der Waals surface area contributed by atoms with Crippen molar-refractivity contribution in [3.8, 4) is 0 Å². The number of rotatable bonds is 10. The van der Waals surface area contributed by atoms with Crippen molar-refractivity contribution in [1.82, 2.24) is 15.5 Å². The van der Waals surface area contributed by atoms with Crippen LogP contribution in [0.15, 0.2) is 4.52 Å². The molecule has 0 aliphatic heterocycles. The molecular weight excluding hydrogens is 298 g/mol. The molecule has 1 amide bonds. The van der Waals surface area contributed by atoms with Crippen LogP contribution < -0.4 is 5.32 Å². The van der Waals surface area contributed by atoms with Crippen LogP contribution in [0, 0.1) is 0 Å². The van der Waals surface area contributed by atoms with E-state index in [1.54, 1.807) is 0 Å². The van der Waals surface area contributed by atoms with Crippen LogP contribution in [0.2, 0.25) is 0 Å². The fourth-order valence-corrected chi connectivity index (χ4v) is 2.83. The normalized spacial score (nSPS) is 15.0. The van der Waals surface area contributed by atoms with Crippen molar-refractivity contribution in [1.29, 1.82) is 0 Å². The van der Waals surface area contributed by atoms with Crippen LogP contribution in [0.5, 0.6) is 0 Å². The van der Waals surface area contributed by atoms with Crippen molar-refractivity contribution in [2.75, 3.05) is 6.54 Å². The first kappa shape index (κ1) is 17.4. The third-order valence-corrected chi connectivity index (χ3v) is 4.16. The van der Waals surface area contributed by atoms with Gasteiger partial charge in [0.2, 0.25) is 11.8 Å². The summed E-state index contributed by atoms with van der Waals surface area (Å²) < 4.78 is 5.21. The predicted molar refractivity (Wildman–Crippen MR) is 82.9 cm³/mol. The van der Waals surface area contributed by atoms with E-state index in [2.05, 4.69) is 15.5 Å². The number of carbonyl (C=O) groups is 2. The van der Waals surface area contributed by atoms with Crippen LogP contribution >= 0.6 is 0 Å². The van der Waals surface area contributed by atoms with E-state index in [-0.39, 0.29) is 12.3 Å². The summed E-state index contributed by atoms with van der Waals surface area (Å²) in [6, 6.07) is 0. The van der Waals surface area contributed by atoms with E-state index >= 15 is 0 Å². The minimum absolute atomic E-state index is 0.0381. The Hall–Kier alpha value is -1.92. The van der Waals surface area contributed by atoms with Gasteiger partial charge in [-0.3, -0.25) is 9.59 Å². The van der Waals surface area contributed by atoms with Gasteiger partial charge in [-0.1, -0.05) is 24.4 Å². The lowest BCUT2D eigenvalue weighted by molar-refractivity contribution is -0.137. The average Bonchev–Trinajstić information content (AvgIpc) is 3.18. The highest BCUT2D eigenvalue weighted by Gasteiger charge is 2.22. The van der Waals surface area contributed by atoms with Crippen molar-refractivity contribution in [3.05, 3.63) is 11.7 Å². The maximum Gasteiger partial charge on any atom is 0.303 e. The van der Waals surface area contributed by atoms with Gasteiger partial charge in [-0.25, -0.2) is 0 Å². The van der Waals surface area contributed by atoms with Crippen LogP contribution in [0.25, 0.3) is 0 Å². The van der Waals surface area contributed by atoms with Gasteiger partial charge >= 0.3 is 5.97 Å². The van der Waals surface area contributed by atoms with Gasteiger partial charge in [-0.15, -0.1) is 0 Å². The molecule has 0 atom stereocenters. The van der Waals surface area contributed by atoms with Gasteiger partial charge in [0.25, 0.3) is 0 Å². The van der Waals surface area contributed by atoms with Crippen molar-refractivity contribution in [2.24, 2.45) is 0 Å².